The Hall–Kier alpha value is -2.31. The van der Waals surface area contributed by atoms with E-state index in [0.29, 0.717) is 18.2 Å². The Balaban J connectivity index is 2.10. The van der Waals surface area contributed by atoms with Crippen molar-refractivity contribution in [3.05, 3.63) is 59.7 Å². The van der Waals surface area contributed by atoms with Crippen molar-refractivity contribution < 1.29 is 15.3 Å². The number of methoxy groups -OCH3 is 2. The molecule has 0 spiro atoms. The molecule has 122 valence electrons. The monoisotopic (exact) mass is 332 g/mol. The molecule has 2 aromatic carbocycles. The molecule has 0 aliphatic rings. The number of hydrogen-bond donors (Lipinski definition) is 2. The van der Waals surface area contributed by atoms with Crippen molar-refractivity contribution in [3.8, 4) is 11.5 Å². The van der Waals surface area contributed by atoms with Crippen molar-refractivity contribution in [2.75, 3.05) is 14.2 Å². The Labute approximate surface area is 142 Å². The van der Waals surface area contributed by atoms with Crippen molar-refractivity contribution in [3.63, 3.8) is 0 Å². The number of nitrogens with one attached hydrogen (secondary N) is 1. The van der Waals surface area contributed by atoms with Gasteiger partial charge in [-0.05, 0) is 47.6 Å². The highest BCUT2D eigenvalue weighted by atomic mass is 32.1. The third-order valence-electron chi connectivity index (χ3n) is 3.50. The minimum Gasteiger partial charge on any atom is -0.497 e. The lowest BCUT2D eigenvalue weighted by atomic mass is 10.1. The summed E-state index contributed by atoms with van der Waals surface area (Å²) < 4.78 is 10.4. The second kappa shape index (κ2) is 8.36. The molecule has 0 radical (unpaired) electrons. The van der Waals surface area contributed by atoms with Gasteiger partial charge in [-0.25, -0.2) is 5.43 Å². The molecule has 2 aromatic rings. The normalized spacial score (nSPS) is 10.0. The van der Waals surface area contributed by atoms with Crippen LogP contribution in [0.3, 0.4) is 0 Å². The van der Waals surface area contributed by atoms with Gasteiger partial charge in [0.1, 0.15) is 11.5 Å². The summed E-state index contributed by atoms with van der Waals surface area (Å²) in [5, 5.41) is 0.608. The van der Waals surface area contributed by atoms with E-state index in [1.807, 2.05) is 48.5 Å². The second-order valence-corrected chi connectivity index (χ2v) is 5.42. The number of rotatable bonds is 6. The Kier molecular flexibility index (Phi) is 6.19. The quantitative estimate of drug-likeness (QED) is 0.623. The third-order valence-corrected chi connectivity index (χ3v) is 3.91. The van der Waals surface area contributed by atoms with Gasteiger partial charge in [0, 0.05) is 13.1 Å². The molecular formula is C17H22N3O2S+. The zero-order chi connectivity index (χ0) is 16.7. The maximum absolute atomic E-state index is 5.38. The summed E-state index contributed by atoms with van der Waals surface area (Å²) in [5.41, 5.74) is 5.11. The minimum atomic E-state index is 0.608. The van der Waals surface area contributed by atoms with Crippen LogP contribution in [0.2, 0.25) is 0 Å². The van der Waals surface area contributed by atoms with Crippen LogP contribution in [0.5, 0.6) is 11.5 Å². The summed E-state index contributed by atoms with van der Waals surface area (Å²) in [6.45, 7) is 1.38. The topological polar surface area (TPSA) is 61.4 Å². The van der Waals surface area contributed by atoms with E-state index in [0.717, 1.165) is 22.6 Å². The molecule has 0 bridgehead atoms. The van der Waals surface area contributed by atoms with Crippen LogP contribution in [-0.2, 0) is 13.1 Å². The van der Waals surface area contributed by atoms with E-state index >= 15 is 0 Å². The first kappa shape index (κ1) is 17.1. The van der Waals surface area contributed by atoms with Crippen LogP contribution in [0.1, 0.15) is 11.1 Å². The van der Waals surface area contributed by atoms with Gasteiger partial charge in [0.25, 0.3) is 0 Å². The fourth-order valence-electron chi connectivity index (χ4n) is 2.21. The van der Waals surface area contributed by atoms with Crippen LogP contribution in [0.4, 0.5) is 0 Å². The smallest absolute Gasteiger partial charge is 0.216 e. The molecule has 23 heavy (non-hydrogen) atoms. The Morgan fingerprint density at radius 3 is 1.61 bits per heavy atom. The van der Waals surface area contributed by atoms with E-state index in [-0.39, 0.29) is 0 Å². The van der Waals surface area contributed by atoms with E-state index < -0.39 is 0 Å². The van der Waals surface area contributed by atoms with Crippen molar-refractivity contribution >= 4 is 17.3 Å². The summed E-state index contributed by atoms with van der Waals surface area (Å²) in [4.78, 5) is 2.06. The highest BCUT2D eigenvalue weighted by molar-refractivity contribution is 7.80. The highest BCUT2D eigenvalue weighted by Gasteiger charge is 2.11. The van der Waals surface area contributed by atoms with Gasteiger partial charge in [-0.1, -0.05) is 24.3 Å². The van der Waals surface area contributed by atoms with Gasteiger partial charge in [-0.3, -0.25) is 5.84 Å². The summed E-state index contributed by atoms with van der Waals surface area (Å²) in [5.74, 6) is 5.35. The van der Waals surface area contributed by atoms with E-state index in [2.05, 4.69) is 16.2 Å². The molecule has 6 heteroatoms. The Morgan fingerprint density at radius 2 is 1.30 bits per heavy atom. The molecule has 0 saturated heterocycles. The second-order valence-electron chi connectivity index (χ2n) is 5.03. The molecule has 5 nitrogen and oxygen atoms in total. The molecule has 0 amide bonds. The van der Waals surface area contributed by atoms with Crippen LogP contribution in [0, 0.1) is 0 Å². The first-order valence-corrected chi connectivity index (χ1v) is 7.65. The SMILES string of the molecule is COc1ccc(CN(Cc2ccc(OC)cc2)C(=S)N[NH3+])cc1. The van der Waals surface area contributed by atoms with E-state index in [4.69, 9.17) is 21.7 Å². The van der Waals surface area contributed by atoms with E-state index in [1.165, 1.54) is 0 Å². The summed E-state index contributed by atoms with van der Waals surface area (Å²) in [6, 6.07) is 15.9. The number of quaternary nitrogens is 1. The zero-order valence-corrected chi connectivity index (χ0v) is 14.2. The first-order valence-electron chi connectivity index (χ1n) is 7.24. The number of nitrogens with zero attached hydrogens (tertiary/aromatic N) is 1. The largest absolute Gasteiger partial charge is 0.497 e. The summed E-state index contributed by atoms with van der Waals surface area (Å²) >= 11 is 5.38. The van der Waals surface area contributed by atoms with Crippen molar-refractivity contribution in [1.29, 1.82) is 0 Å². The van der Waals surface area contributed by atoms with Crippen LogP contribution in [0.25, 0.3) is 0 Å². The number of ether oxygens (including phenoxy) is 2. The van der Waals surface area contributed by atoms with Gasteiger partial charge in [0.2, 0.25) is 5.11 Å². The summed E-state index contributed by atoms with van der Waals surface area (Å²) in [7, 11) is 3.32. The standard InChI is InChI=1S/C17H21N3O2S/c1-21-15-7-3-13(4-8-15)11-20(17(23)19-18)12-14-5-9-16(22-2)10-6-14/h3-10H,11-12,18H2,1-2H3,(H,19,23)/p+1. The molecule has 2 rings (SSSR count). The van der Waals surface area contributed by atoms with Gasteiger partial charge < -0.3 is 14.4 Å². The van der Waals surface area contributed by atoms with Gasteiger partial charge in [-0.2, -0.15) is 0 Å². The lowest BCUT2D eigenvalue weighted by Crippen LogP contribution is -2.69. The van der Waals surface area contributed by atoms with Crippen molar-refractivity contribution in [1.82, 2.24) is 10.3 Å². The molecule has 0 aliphatic carbocycles. The molecule has 0 heterocycles. The minimum absolute atomic E-state index is 0.608. The molecule has 0 atom stereocenters. The van der Waals surface area contributed by atoms with Gasteiger partial charge >= 0.3 is 0 Å². The first-order chi connectivity index (χ1) is 11.2. The lowest BCUT2D eigenvalue weighted by molar-refractivity contribution is -0.420. The van der Waals surface area contributed by atoms with Crippen molar-refractivity contribution in [2.45, 2.75) is 13.1 Å². The Morgan fingerprint density at radius 1 is 0.913 bits per heavy atom. The average molecular weight is 332 g/mol. The molecular weight excluding hydrogens is 310 g/mol. The zero-order valence-electron chi connectivity index (χ0n) is 13.4. The average Bonchev–Trinajstić information content (AvgIpc) is 2.61. The fraction of sp³-hybridized carbons (Fsp3) is 0.235. The molecule has 0 saturated carbocycles. The van der Waals surface area contributed by atoms with Gasteiger partial charge in [-0.15, -0.1) is 0 Å². The molecule has 0 aliphatic heterocycles. The molecule has 0 unspecified atom stereocenters. The number of benzene rings is 2. The number of thiocarbonyl (C=S) groups is 1. The lowest BCUT2D eigenvalue weighted by Gasteiger charge is -2.24. The maximum Gasteiger partial charge on any atom is 0.216 e. The Bertz CT molecular complexity index is 580. The van der Waals surface area contributed by atoms with Crippen LogP contribution < -0.4 is 20.7 Å². The van der Waals surface area contributed by atoms with Crippen molar-refractivity contribution in [2.24, 2.45) is 0 Å². The number of hydrogen-bond acceptors (Lipinski definition) is 3. The predicted molar refractivity (Wildman–Crippen MR) is 93.9 cm³/mol. The highest BCUT2D eigenvalue weighted by Crippen LogP contribution is 2.16. The van der Waals surface area contributed by atoms with E-state index in [9.17, 15) is 0 Å². The van der Waals surface area contributed by atoms with Gasteiger partial charge in [0.15, 0.2) is 0 Å². The maximum atomic E-state index is 5.38. The van der Waals surface area contributed by atoms with Crippen LogP contribution in [0.15, 0.2) is 48.5 Å². The van der Waals surface area contributed by atoms with E-state index in [1.54, 1.807) is 14.2 Å². The summed E-state index contributed by atoms with van der Waals surface area (Å²) in [6.07, 6.45) is 0. The molecule has 0 fully saturated rings. The van der Waals surface area contributed by atoms with Crippen LogP contribution >= 0.6 is 12.2 Å². The van der Waals surface area contributed by atoms with Gasteiger partial charge in [0.05, 0.1) is 14.2 Å². The molecule has 0 aromatic heterocycles. The third kappa shape index (κ3) is 4.84. The van der Waals surface area contributed by atoms with Crippen LogP contribution in [-0.4, -0.2) is 24.2 Å². The predicted octanol–water partition coefficient (Wildman–Crippen LogP) is 1.74. The fourth-order valence-corrected chi connectivity index (χ4v) is 2.34. The molecule has 4 N–H and O–H groups in total.